The SMILES string of the molecule is NCOCCOCCOCCOCCOc1ccc(/C=C/S(=O)(=O)F)cc1. The molecule has 0 aliphatic carbocycles. The molecule has 0 aliphatic rings. The number of hydrogen-bond donors (Lipinski definition) is 1. The average Bonchev–Trinajstić information content (AvgIpc) is 2.64. The topological polar surface area (TPSA) is 106 Å². The van der Waals surface area contributed by atoms with Crippen molar-refractivity contribution < 1.29 is 36.0 Å². The summed E-state index contributed by atoms with van der Waals surface area (Å²) in [5.41, 5.74) is 5.71. The highest BCUT2D eigenvalue weighted by Gasteiger charge is 1.99. The van der Waals surface area contributed by atoms with Gasteiger partial charge in [0.25, 0.3) is 0 Å². The predicted octanol–water partition coefficient (Wildman–Crippen LogP) is 1.32. The molecular formula is C17H26FNO7S. The molecule has 0 atom stereocenters. The van der Waals surface area contributed by atoms with Crippen LogP contribution in [-0.2, 0) is 29.2 Å². The molecule has 8 nitrogen and oxygen atoms in total. The molecule has 0 amide bonds. The Labute approximate surface area is 159 Å². The lowest BCUT2D eigenvalue weighted by molar-refractivity contribution is -0.00400. The Morgan fingerprint density at radius 3 is 1.78 bits per heavy atom. The highest BCUT2D eigenvalue weighted by atomic mass is 32.3. The van der Waals surface area contributed by atoms with Crippen LogP contribution in [0.4, 0.5) is 3.89 Å². The van der Waals surface area contributed by atoms with E-state index in [-0.39, 0.29) is 6.73 Å². The maximum atomic E-state index is 12.4. The van der Waals surface area contributed by atoms with Gasteiger partial charge < -0.3 is 29.4 Å². The van der Waals surface area contributed by atoms with Gasteiger partial charge in [-0.1, -0.05) is 12.1 Å². The average molecular weight is 407 g/mol. The molecule has 0 aliphatic heterocycles. The zero-order valence-corrected chi connectivity index (χ0v) is 15.9. The molecule has 1 aromatic carbocycles. The van der Waals surface area contributed by atoms with Gasteiger partial charge in [-0.2, -0.15) is 8.42 Å². The Hall–Kier alpha value is -1.56. The summed E-state index contributed by atoms with van der Waals surface area (Å²) in [5.74, 6) is 0.603. The molecule has 10 heteroatoms. The van der Waals surface area contributed by atoms with Crippen molar-refractivity contribution in [1.29, 1.82) is 0 Å². The first-order valence-electron chi connectivity index (χ1n) is 8.38. The summed E-state index contributed by atoms with van der Waals surface area (Å²) in [6, 6.07) is 6.56. The predicted molar refractivity (Wildman–Crippen MR) is 98.5 cm³/mol. The fourth-order valence-corrected chi connectivity index (χ4v) is 2.12. The third kappa shape index (κ3) is 14.2. The molecule has 1 aromatic rings. The number of ether oxygens (including phenoxy) is 5. The first-order chi connectivity index (χ1) is 13.0. The molecular weight excluding hydrogens is 381 g/mol. The van der Waals surface area contributed by atoms with Gasteiger partial charge in [-0.15, -0.1) is 3.89 Å². The van der Waals surface area contributed by atoms with E-state index >= 15 is 0 Å². The van der Waals surface area contributed by atoms with Crippen LogP contribution in [0, 0.1) is 0 Å². The molecule has 0 bridgehead atoms. The first kappa shape index (κ1) is 23.5. The van der Waals surface area contributed by atoms with E-state index in [0.717, 1.165) is 0 Å². The molecule has 0 saturated heterocycles. The van der Waals surface area contributed by atoms with Crippen LogP contribution in [0.2, 0.25) is 0 Å². The summed E-state index contributed by atoms with van der Waals surface area (Å²) >= 11 is 0. The molecule has 0 aromatic heterocycles. The lowest BCUT2D eigenvalue weighted by atomic mass is 10.2. The van der Waals surface area contributed by atoms with Gasteiger partial charge in [-0.25, -0.2) is 0 Å². The molecule has 0 fully saturated rings. The number of halogens is 1. The van der Waals surface area contributed by atoms with Crippen LogP contribution in [-0.4, -0.2) is 68.0 Å². The summed E-state index contributed by atoms with van der Waals surface area (Å²) in [6.45, 7) is 3.78. The Morgan fingerprint density at radius 1 is 0.815 bits per heavy atom. The Morgan fingerprint density at radius 2 is 1.30 bits per heavy atom. The summed E-state index contributed by atoms with van der Waals surface area (Å²) in [5, 5.41) is 0.501. The standard InChI is InChI=1S/C17H26FNO7S/c18-27(20,21)14-5-16-1-3-17(4-2-16)26-13-12-24-9-8-22-6-7-23-10-11-25-15-19/h1-5,14H,6-13,15,19H2/b14-5+. The van der Waals surface area contributed by atoms with Gasteiger partial charge in [0.1, 0.15) is 12.4 Å². The highest BCUT2D eigenvalue weighted by Crippen LogP contribution is 2.13. The lowest BCUT2D eigenvalue weighted by Crippen LogP contribution is -2.14. The fraction of sp³-hybridized carbons (Fsp3) is 0.529. The maximum absolute atomic E-state index is 12.4. The smallest absolute Gasteiger partial charge is 0.325 e. The van der Waals surface area contributed by atoms with Crippen LogP contribution in [0.15, 0.2) is 29.7 Å². The highest BCUT2D eigenvalue weighted by molar-refractivity contribution is 7.89. The zero-order chi connectivity index (χ0) is 19.8. The summed E-state index contributed by atoms with van der Waals surface area (Å²) in [6.07, 6.45) is 1.17. The van der Waals surface area contributed by atoms with Crippen LogP contribution in [0.5, 0.6) is 5.75 Å². The van der Waals surface area contributed by atoms with E-state index < -0.39 is 10.2 Å². The van der Waals surface area contributed by atoms with Crippen molar-refractivity contribution in [2.45, 2.75) is 0 Å². The van der Waals surface area contributed by atoms with Crippen LogP contribution in [0.1, 0.15) is 5.56 Å². The van der Waals surface area contributed by atoms with Gasteiger partial charge in [0.05, 0.1) is 58.4 Å². The largest absolute Gasteiger partial charge is 0.491 e. The quantitative estimate of drug-likeness (QED) is 0.248. The first-order valence-corrected chi connectivity index (χ1v) is 9.82. The van der Waals surface area contributed by atoms with E-state index in [0.29, 0.717) is 69.6 Å². The summed E-state index contributed by atoms with van der Waals surface area (Å²) in [7, 11) is -4.62. The Bertz CT molecular complexity index is 623. The maximum Gasteiger partial charge on any atom is 0.325 e. The molecule has 1 rings (SSSR count). The Kier molecular flexibility index (Phi) is 12.6. The molecule has 0 unspecified atom stereocenters. The number of rotatable bonds is 16. The number of benzene rings is 1. The van der Waals surface area contributed by atoms with Gasteiger partial charge >= 0.3 is 10.2 Å². The van der Waals surface area contributed by atoms with Crippen molar-refractivity contribution in [2.75, 3.05) is 59.6 Å². The van der Waals surface area contributed by atoms with E-state index in [9.17, 15) is 12.3 Å². The van der Waals surface area contributed by atoms with Crippen LogP contribution in [0.3, 0.4) is 0 Å². The Balaban J connectivity index is 1.98. The monoisotopic (exact) mass is 407 g/mol. The summed E-state index contributed by atoms with van der Waals surface area (Å²) < 4.78 is 59.5. The van der Waals surface area contributed by atoms with Gasteiger partial charge in [-0.05, 0) is 23.8 Å². The van der Waals surface area contributed by atoms with E-state index in [2.05, 4.69) is 0 Å². The van der Waals surface area contributed by atoms with Crippen molar-refractivity contribution in [3.8, 4) is 5.75 Å². The molecule has 0 heterocycles. The van der Waals surface area contributed by atoms with Gasteiger partial charge in [0.2, 0.25) is 0 Å². The van der Waals surface area contributed by atoms with Crippen molar-refractivity contribution in [2.24, 2.45) is 5.73 Å². The number of hydrogen-bond acceptors (Lipinski definition) is 8. The molecule has 2 N–H and O–H groups in total. The van der Waals surface area contributed by atoms with Crippen molar-refractivity contribution in [3.63, 3.8) is 0 Å². The van der Waals surface area contributed by atoms with E-state index in [4.69, 9.17) is 29.4 Å². The van der Waals surface area contributed by atoms with Crippen molar-refractivity contribution in [1.82, 2.24) is 0 Å². The third-order valence-electron chi connectivity index (χ3n) is 3.03. The summed E-state index contributed by atoms with van der Waals surface area (Å²) in [4.78, 5) is 0. The van der Waals surface area contributed by atoms with Gasteiger partial charge in [0.15, 0.2) is 0 Å². The minimum atomic E-state index is -4.62. The second-order valence-corrected chi connectivity index (χ2v) is 6.33. The molecule has 27 heavy (non-hydrogen) atoms. The van der Waals surface area contributed by atoms with E-state index in [1.54, 1.807) is 24.3 Å². The second-order valence-electron chi connectivity index (χ2n) is 5.11. The minimum Gasteiger partial charge on any atom is -0.491 e. The molecule has 154 valence electrons. The van der Waals surface area contributed by atoms with Crippen LogP contribution in [0.25, 0.3) is 6.08 Å². The minimum absolute atomic E-state index is 0.191. The normalized spacial score (nSPS) is 11.9. The number of nitrogens with two attached hydrogens (primary N) is 1. The molecule has 0 saturated carbocycles. The van der Waals surface area contributed by atoms with Crippen LogP contribution < -0.4 is 10.5 Å². The van der Waals surface area contributed by atoms with Crippen molar-refractivity contribution >= 4 is 16.3 Å². The zero-order valence-electron chi connectivity index (χ0n) is 15.0. The lowest BCUT2D eigenvalue weighted by Gasteiger charge is -2.08. The molecule has 0 spiro atoms. The van der Waals surface area contributed by atoms with Gasteiger partial charge in [-0.3, -0.25) is 0 Å². The third-order valence-corrected chi connectivity index (χ3v) is 3.49. The van der Waals surface area contributed by atoms with Crippen LogP contribution >= 0.6 is 0 Å². The van der Waals surface area contributed by atoms with Crippen molar-refractivity contribution in [3.05, 3.63) is 35.2 Å². The fourth-order valence-electron chi connectivity index (χ4n) is 1.80. The van der Waals surface area contributed by atoms with Gasteiger partial charge in [0, 0.05) is 0 Å². The molecule has 0 radical (unpaired) electrons. The van der Waals surface area contributed by atoms with E-state index in [1.807, 2.05) is 0 Å². The second kappa shape index (κ2) is 14.5. The van der Waals surface area contributed by atoms with E-state index in [1.165, 1.54) is 6.08 Å².